The van der Waals surface area contributed by atoms with E-state index in [1.165, 1.54) is 5.56 Å². The second-order valence-electron chi connectivity index (χ2n) is 6.65. The molecule has 4 nitrogen and oxygen atoms in total. The summed E-state index contributed by atoms with van der Waals surface area (Å²) in [7, 11) is 0. The molecule has 26 heavy (non-hydrogen) atoms. The Morgan fingerprint density at radius 2 is 1.81 bits per heavy atom. The highest BCUT2D eigenvalue weighted by Gasteiger charge is 2.26. The number of nitrogens with zero attached hydrogens (tertiary/aromatic N) is 2. The lowest BCUT2D eigenvalue weighted by atomic mass is 9.97. The number of carbonyl (C=O) groups excluding carboxylic acids is 1. The number of thioether (sulfide) groups is 1. The van der Waals surface area contributed by atoms with Gasteiger partial charge in [0.25, 0.3) is 0 Å². The smallest absolute Gasteiger partial charge is 0.232 e. The molecule has 0 radical (unpaired) electrons. The van der Waals surface area contributed by atoms with E-state index in [9.17, 15) is 4.79 Å². The van der Waals surface area contributed by atoms with Gasteiger partial charge in [-0.3, -0.25) is 4.79 Å². The minimum Gasteiger partial charge on any atom is -0.440 e. The predicted octanol–water partition coefficient (Wildman–Crippen LogP) is 4.47. The summed E-state index contributed by atoms with van der Waals surface area (Å²) < 4.78 is 5.90. The molecule has 1 aliphatic heterocycles. The van der Waals surface area contributed by atoms with Crippen LogP contribution >= 0.6 is 11.8 Å². The van der Waals surface area contributed by atoms with E-state index < -0.39 is 0 Å². The summed E-state index contributed by atoms with van der Waals surface area (Å²) in [6.07, 6.45) is 1.84. The minimum absolute atomic E-state index is 0.238. The van der Waals surface area contributed by atoms with Crippen molar-refractivity contribution in [2.75, 3.05) is 18.8 Å². The summed E-state index contributed by atoms with van der Waals surface area (Å²) in [5, 5.41) is 0. The van der Waals surface area contributed by atoms with Crippen LogP contribution < -0.4 is 0 Å². The lowest BCUT2D eigenvalue weighted by molar-refractivity contribution is -0.129. The van der Waals surface area contributed by atoms with Crippen molar-refractivity contribution in [3.8, 4) is 0 Å². The van der Waals surface area contributed by atoms with Gasteiger partial charge in [0, 0.05) is 24.8 Å². The van der Waals surface area contributed by atoms with Crippen molar-refractivity contribution >= 4 is 28.8 Å². The molecule has 134 valence electrons. The van der Waals surface area contributed by atoms with Crippen molar-refractivity contribution < 1.29 is 9.21 Å². The fourth-order valence-corrected chi connectivity index (χ4v) is 4.25. The molecule has 4 rings (SSSR count). The van der Waals surface area contributed by atoms with Gasteiger partial charge in [0.05, 0.1) is 5.75 Å². The van der Waals surface area contributed by atoms with Gasteiger partial charge in [-0.25, -0.2) is 4.98 Å². The van der Waals surface area contributed by atoms with Gasteiger partial charge in [-0.2, -0.15) is 0 Å². The highest BCUT2D eigenvalue weighted by Crippen LogP contribution is 2.30. The SMILES string of the molecule is O=C(CSCc1ccccc1)N1CCC(c2nc3ccccc3o2)CC1. The lowest BCUT2D eigenvalue weighted by Crippen LogP contribution is -2.39. The highest BCUT2D eigenvalue weighted by molar-refractivity contribution is 7.99. The van der Waals surface area contributed by atoms with Gasteiger partial charge >= 0.3 is 0 Å². The maximum absolute atomic E-state index is 12.4. The molecular weight excluding hydrogens is 344 g/mol. The fraction of sp³-hybridized carbons (Fsp3) is 0.333. The van der Waals surface area contributed by atoms with Crippen LogP contribution in [0.4, 0.5) is 0 Å². The Bertz CT molecular complexity index is 837. The van der Waals surface area contributed by atoms with Crippen LogP contribution in [-0.2, 0) is 10.5 Å². The number of carbonyl (C=O) groups is 1. The van der Waals surface area contributed by atoms with Gasteiger partial charge in [0.2, 0.25) is 5.91 Å². The predicted molar refractivity (Wildman–Crippen MR) is 105 cm³/mol. The van der Waals surface area contributed by atoms with Crippen LogP contribution in [0.2, 0.25) is 0 Å². The quantitative estimate of drug-likeness (QED) is 0.668. The van der Waals surface area contributed by atoms with Crippen molar-refractivity contribution in [2.24, 2.45) is 0 Å². The number of aromatic nitrogens is 1. The first kappa shape index (κ1) is 17.2. The number of likely N-dealkylation sites (tertiary alicyclic amines) is 1. The molecule has 1 saturated heterocycles. The molecule has 0 spiro atoms. The number of hydrogen-bond donors (Lipinski definition) is 0. The topological polar surface area (TPSA) is 46.3 Å². The van der Waals surface area contributed by atoms with Gasteiger partial charge in [-0.05, 0) is 30.5 Å². The number of para-hydroxylation sites is 2. The molecule has 2 heterocycles. The summed E-state index contributed by atoms with van der Waals surface area (Å²) in [5.41, 5.74) is 3.02. The van der Waals surface area contributed by atoms with Gasteiger partial charge in [-0.1, -0.05) is 42.5 Å². The fourth-order valence-electron chi connectivity index (χ4n) is 3.36. The van der Waals surface area contributed by atoms with Crippen LogP contribution in [0.25, 0.3) is 11.1 Å². The van der Waals surface area contributed by atoms with E-state index in [0.717, 1.165) is 48.7 Å². The number of hydrogen-bond acceptors (Lipinski definition) is 4. The zero-order valence-electron chi connectivity index (χ0n) is 14.6. The van der Waals surface area contributed by atoms with Crippen LogP contribution in [0.3, 0.4) is 0 Å². The van der Waals surface area contributed by atoms with E-state index in [2.05, 4.69) is 17.1 Å². The van der Waals surface area contributed by atoms with Crippen molar-refractivity contribution in [1.29, 1.82) is 0 Å². The summed E-state index contributed by atoms with van der Waals surface area (Å²) in [4.78, 5) is 19.0. The van der Waals surface area contributed by atoms with Crippen LogP contribution in [0.15, 0.2) is 59.0 Å². The molecule has 0 N–H and O–H groups in total. The number of rotatable bonds is 5. The Labute approximate surface area is 157 Å². The zero-order valence-corrected chi connectivity index (χ0v) is 15.5. The third-order valence-corrected chi connectivity index (χ3v) is 5.83. The van der Waals surface area contributed by atoms with Crippen molar-refractivity contribution in [3.05, 3.63) is 66.1 Å². The average Bonchev–Trinajstić information content (AvgIpc) is 3.13. The van der Waals surface area contributed by atoms with Crippen molar-refractivity contribution in [1.82, 2.24) is 9.88 Å². The van der Waals surface area contributed by atoms with Gasteiger partial charge in [-0.15, -0.1) is 11.8 Å². The van der Waals surface area contributed by atoms with Gasteiger partial charge in [0.15, 0.2) is 11.5 Å². The molecule has 1 aliphatic rings. The zero-order chi connectivity index (χ0) is 17.8. The Morgan fingerprint density at radius 1 is 1.08 bits per heavy atom. The molecule has 0 atom stereocenters. The Hall–Kier alpha value is -2.27. The maximum Gasteiger partial charge on any atom is 0.232 e. The molecule has 2 aromatic carbocycles. The van der Waals surface area contributed by atoms with Crippen molar-refractivity contribution in [2.45, 2.75) is 24.5 Å². The first-order valence-electron chi connectivity index (χ1n) is 9.04. The van der Waals surface area contributed by atoms with Gasteiger partial charge < -0.3 is 9.32 Å². The number of benzene rings is 2. The van der Waals surface area contributed by atoms with E-state index in [1.54, 1.807) is 11.8 Å². The molecule has 0 unspecified atom stereocenters. The Morgan fingerprint density at radius 3 is 2.58 bits per heavy atom. The Kier molecular flexibility index (Phi) is 5.25. The largest absolute Gasteiger partial charge is 0.440 e. The summed E-state index contributed by atoms with van der Waals surface area (Å²) in [6.45, 7) is 1.57. The van der Waals surface area contributed by atoms with Crippen LogP contribution in [0, 0.1) is 0 Å². The highest BCUT2D eigenvalue weighted by atomic mass is 32.2. The molecule has 1 aromatic heterocycles. The average molecular weight is 366 g/mol. The second kappa shape index (κ2) is 7.96. The summed E-state index contributed by atoms with van der Waals surface area (Å²) >= 11 is 1.69. The molecule has 1 fully saturated rings. The van der Waals surface area contributed by atoms with E-state index in [0.29, 0.717) is 11.7 Å². The number of fused-ring (bicyclic) bond motifs is 1. The first-order valence-corrected chi connectivity index (χ1v) is 10.2. The number of oxazole rings is 1. The molecule has 0 bridgehead atoms. The molecule has 0 aliphatic carbocycles. The van der Waals surface area contributed by atoms with E-state index in [1.807, 2.05) is 47.4 Å². The molecule has 5 heteroatoms. The van der Waals surface area contributed by atoms with Crippen LogP contribution in [0.1, 0.15) is 30.2 Å². The monoisotopic (exact) mass is 366 g/mol. The van der Waals surface area contributed by atoms with E-state index in [-0.39, 0.29) is 5.91 Å². The third-order valence-electron chi connectivity index (χ3n) is 4.84. The normalized spacial score (nSPS) is 15.5. The molecule has 0 saturated carbocycles. The summed E-state index contributed by atoms with van der Waals surface area (Å²) in [5.74, 6) is 2.79. The van der Waals surface area contributed by atoms with Crippen molar-refractivity contribution in [3.63, 3.8) is 0 Å². The maximum atomic E-state index is 12.4. The molecular formula is C21H22N2O2S. The number of piperidine rings is 1. The lowest BCUT2D eigenvalue weighted by Gasteiger charge is -2.30. The Balaban J connectivity index is 1.27. The standard InChI is InChI=1S/C21H22N2O2S/c24-20(15-26-14-16-6-2-1-3-7-16)23-12-10-17(11-13-23)21-22-18-8-4-5-9-19(18)25-21/h1-9,17H,10-15H2. The number of amides is 1. The molecule has 3 aromatic rings. The molecule has 1 amide bonds. The van der Waals surface area contributed by atoms with Crippen LogP contribution in [-0.4, -0.2) is 34.6 Å². The second-order valence-corrected chi connectivity index (χ2v) is 7.64. The first-order chi connectivity index (χ1) is 12.8. The van der Waals surface area contributed by atoms with E-state index >= 15 is 0 Å². The minimum atomic E-state index is 0.238. The van der Waals surface area contributed by atoms with Gasteiger partial charge in [0.1, 0.15) is 5.52 Å². The van der Waals surface area contributed by atoms with E-state index in [4.69, 9.17) is 4.42 Å². The third kappa shape index (κ3) is 3.93. The van der Waals surface area contributed by atoms with Crippen LogP contribution in [0.5, 0.6) is 0 Å². The summed E-state index contributed by atoms with van der Waals surface area (Å²) in [6, 6.07) is 18.2.